The maximum absolute atomic E-state index is 10.4. The highest BCUT2D eigenvalue weighted by atomic mass is 16.3. The Kier molecular flexibility index (Phi) is 4.23. The number of hydrogen-bond donors (Lipinski definition) is 3. The van der Waals surface area contributed by atoms with E-state index < -0.39 is 0 Å². The predicted octanol–water partition coefficient (Wildman–Crippen LogP) is 7.18. The minimum atomic E-state index is 0.278. The minimum Gasteiger partial charge on any atom is -0.507 e. The third kappa shape index (κ3) is 3.50. The number of fused-ring (bicyclic) bond motifs is 9. The van der Waals surface area contributed by atoms with E-state index in [1.165, 1.54) is 0 Å². The van der Waals surface area contributed by atoms with Crippen LogP contribution in [0.3, 0.4) is 0 Å². The van der Waals surface area contributed by atoms with E-state index in [2.05, 4.69) is 40.3 Å². The Morgan fingerprint density at radius 3 is 1.94 bits per heavy atom. The van der Waals surface area contributed by atoms with E-state index in [1.54, 1.807) is 6.07 Å². The van der Waals surface area contributed by atoms with E-state index in [9.17, 15) is 5.11 Å². The third-order valence-electron chi connectivity index (χ3n) is 6.36. The quantitative estimate of drug-likeness (QED) is 0.247. The lowest BCUT2D eigenvalue weighted by molar-refractivity contribution is 0.481. The van der Waals surface area contributed by atoms with Crippen LogP contribution in [0.5, 0.6) is 5.75 Å². The van der Waals surface area contributed by atoms with Crippen molar-refractivity contribution >= 4 is 57.1 Å². The Balaban J connectivity index is 1.56. The van der Waals surface area contributed by atoms with Gasteiger partial charge < -0.3 is 15.1 Å². The molecule has 2 aliphatic rings. The molecule has 0 atom stereocenters. The Labute approximate surface area is 200 Å². The largest absolute Gasteiger partial charge is 0.507 e. The number of nitrogens with one attached hydrogen (secondary N) is 2. The number of aromatic nitrogens is 4. The van der Waals surface area contributed by atoms with Gasteiger partial charge in [0.05, 0.1) is 22.8 Å². The normalized spacial score (nSPS) is 12.5. The van der Waals surface area contributed by atoms with E-state index in [4.69, 9.17) is 9.97 Å². The molecule has 0 saturated carbocycles. The molecule has 0 saturated heterocycles. The van der Waals surface area contributed by atoms with Crippen molar-refractivity contribution in [3.05, 3.63) is 102 Å². The summed E-state index contributed by atoms with van der Waals surface area (Å²) in [6, 6.07) is 26.1. The summed E-state index contributed by atoms with van der Waals surface area (Å²) in [6.07, 6.45) is 8.03. The Hall–Kier alpha value is -4.90. The molecular weight excluding hydrogens is 432 g/mol. The number of H-pyrrole nitrogens is 2. The average molecular weight is 453 g/mol. The maximum Gasteiger partial charge on any atom is 0.123 e. The van der Waals surface area contributed by atoms with Crippen LogP contribution in [-0.4, -0.2) is 25.0 Å². The van der Waals surface area contributed by atoms with Crippen LogP contribution in [0.1, 0.15) is 22.8 Å². The molecule has 0 unspecified atom stereocenters. The summed E-state index contributed by atoms with van der Waals surface area (Å²) in [5.74, 6) is 0.278. The van der Waals surface area contributed by atoms with Gasteiger partial charge in [0.2, 0.25) is 0 Å². The number of phenolic OH excluding ortho intramolecular Hbond substituents is 1. The molecule has 5 nitrogen and oxygen atoms in total. The molecule has 0 aliphatic carbocycles. The average Bonchev–Trinajstić information content (AvgIpc) is 3.65. The van der Waals surface area contributed by atoms with Crippen LogP contribution < -0.4 is 0 Å². The third-order valence-corrected chi connectivity index (χ3v) is 6.36. The lowest BCUT2D eigenvalue weighted by Crippen LogP contribution is -1.82. The SMILES string of the molecule is Oc1ccc(-c2cc3cc4ccc(cc5nc(cc6nc(cc2[nH]3)C=C6)C=C5)[nH]4)c2ccccc12. The van der Waals surface area contributed by atoms with Crippen LogP contribution >= 0.6 is 0 Å². The fourth-order valence-electron chi connectivity index (χ4n) is 4.76. The van der Waals surface area contributed by atoms with Crippen LogP contribution in [0, 0.1) is 0 Å². The highest BCUT2D eigenvalue weighted by Crippen LogP contribution is 2.36. The van der Waals surface area contributed by atoms with Crippen molar-refractivity contribution in [2.75, 3.05) is 0 Å². The van der Waals surface area contributed by atoms with E-state index in [1.807, 2.05) is 66.8 Å². The van der Waals surface area contributed by atoms with Crippen molar-refractivity contribution in [3.63, 3.8) is 0 Å². The minimum absolute atomic E-state index is 0.278. The van der Waals surface area contributed by atoms with Crippen LogP contribution in [0.25, 0.3) is 68.3 Å². The summed E-state index contributed by atoms with van der Waals surface area (Å²) in [6.45, 7) is 0. The maximum atomic E-state index is 10.4. The molecule has 3 N–H and O–H groups in total. The topological polar surface area (TPSA) is 77.6 Å². The second-order valence-electron chi connectivity index (χ2n) is 8.77. The zero-order chi connectivity index (χ0) is 23.4. The van der Waals surface area contributed by atoms with Gasteiger partial charge in [-0.1, -0.05) is 24.3 Å². The van der Waals surface area contributed by atoms with Gasteiger partial charge >= 0.3 is 0 Å². The van der Waals surface area contributed by atoms with Gasteiger partial charge in [0.1, 0.15) is 5.75 Å². The van der Waals surface area contributed by atoms with Gasteiger partial charge in [0, 0.05) is 33.0 Å². The molecule has 0 amide bonds. The number of aromatic hydroxyl groups is 1. The fourth-order valence-corrected chi connectivity index (χ4v) is 4.76. The monoisotopic (exact) mass is 452 g/mol. The summed E-state index contributed by atoms with van der Waals surface area (Å²) in [5.41, 5.74) is 9.51. The highest BCUT2D eigenvalue weighted by Gasteiger charge is 2.11. The lowest BCUT2D eigenvalue weighted by Gasteiger charge is -2.07. The van der Waals surface area contributed by atoms with Crippen molar-refractivity contribution in [2.45, 2.75) is 0 Å². The van der Waals surface area contributed by atoms with Crippen LogP contribution in [-0.2, 0) is 0 Å². The molecule has 2 aliphatic heterocycles. The molecule has 0 radical (unpaired) electrons. The van der Waals surface area contributed by atoms with Crippen LogP contribution in [0.4, 0.5) is 0 Å². The van der Waals surface area contributed by atoms with Crippen molar-refractivity contribution in [3.8, 4) is 16.9 Å². The number of phenols is 1. The van der Waals surface area contributed by atoms with Crippen molar-refractivity contribution < 1.29 is 5.11 Å². The molecule has 5 aromatic rings. The first-order chi connectivity index (χ1) is 17.2. The lowest BCUT2D eigenvalue weighted by atomic mass is 9.98. The van der Waals surface area contributed by atoms with Crippen LogP contribution in [0.15, 0.2) is 78.9 Å². The first-order valence-electron chi connectivity index (χ1n) is 11.5. The van der Waals surface area contributed by atoms with Gasteiger partial charge in [-0.25, -0.2) is 9.97 Å². The molecule has 35 heavy (non-hydrogen) atoms. The van der Waals surface area contributed by atoms with E-state index in [-0.39, 0.29) is 5.75 Å². The number of aromatic amines is 2. The summed E-state index contributed by atoms with van der Waals surface area (Å²) >= 11 is 0. The van der Waals surface area contributed by atoms with Gasteiger partial charge in [-0.3, -0.25) is 0 Å². The predicted molar refractivity (Wildman–Crippen MR) is 143 cm³/mol. The van der Waals surface area contributed by atoms with E-state index in [0.29, 0.717) is 0 Å². The van der Waals surface area contributed by atoms with E-state index in [0.717, 1.165) is 66.7 Å². The van der Waals surface area contributed by atoms with Gasteiger partial charge in [-0.2, -0.15) is 0 Å². The number of rotatable bonds is 1. The Bertz CT molecular complexity index is 1870. The second-order valence-corrected chi connectivity index (χ2v) is 8.77. The number of nitrogens with zero attached hydrogens (tertiary/aromatic N) is 2. The number of benzene rings is 2. The van der Waals surface area contributed by atoms with Gasteiger partial charge in [-0.05, 0) is 89.9 Å². The summed E-state index contributed by atoms with van der Waals surface area (Å²) in [7, 11) is 0. The van der Waals surface area contributed by atoms with E-state index >= 15 is 0 Å². The van der Waals surface area contributed by atoms with Crippen molar-refractivity contribution in [1.82, 2.24) is 19.9 Å². The molecule has 5 heterocycles. The molecule has 5 heteroatoms. The number of hydrogen-bond acceptors (Lipinski definition) is 3. The first kappa shape index (κ1) is 19.6. The Morgan fingerprint density at radius 1 is 0.514 bits per heavy atom. The van der Waals surface area contributed by atoms with Crippen molar-refractivity contribution in [1.29, 1.82) is 0 Å². The zero-order valence-electron chi connectivity index (χ0n) is 18.7. The van der Waals surface area contributed by atoms with Gasteiger partial charge in [0.25, 0.3) is 0 Å². The van der Waals surface area contributed by atoms with Crippen molar-refractivity contribution in [2.24, 2.45) is 0 Å². The smallest absolute Gasteiger partial charge is 0.123 e. The Morgan fingerprint density at radius 2 is 1.17 bits per heavy atom. The summed E-state index contributed by atoms with van der Waals surface area (Å²) < 4.78 is 0. The second kappa shape index (κ2) is 7.57. The molecule has 3 aromatic heterocycles. The summed E-state index contributed by atoms with van der Waals surface area (Å²) in [5, 5.41) is 12.2. The zero-order valence-corrected chi connectivity index (χ0v) is 18.7. The van der Waals surface area contributed by atoms with Gasteiger partial charge in [0.15, 0.2) is 0 Å². The molecule has 0 fully saturated rings. The van der Waals surface area contributed by atoms with Crippen LogP contribution in [0.2, 0.25) is 0 Å². The molecule has 7 rings (SSSR count). The summed E-state index contributed by atoms with van der Waals surface area (Å²) in [4.78, 5) is 16.5. The molecular formula is C30H20N4O. The van der Waals surface area contributed by atoms with Gasteiger partial charge in [-0.15, -0.1) is 0 Å². The first-order valence-corrected chi connectivity index (χ1v) is 11.5. The highest BCUT2D eigenvalue weighted by molar-refractivity contribution is 6.04. The molecule has 0 spiro atoms. The molecule has 8 bridgehead atoms. The molecule has 2 aromatic carbocycles. The standard InChI is InChI=1S/C30H20N4O/c35-30-12-11-26(25-3-1-2-4-27(25)30)28-16-24-15-22-8-7-20(32-22)13-18-5-6-19(31-18)14-21-9-10-23(33-21)17-29(28)34-24/h1-17,32,34-35H. The fraction of sp³-hybridized carbons (Fsp3) is 0. The molecule has 166 valence electrons.